The van der Waals surface area contributed by atoms with Crippen LogP contribution in [0.3, 0.4) is 0 Å². The molecular formula is C37H54N4O6. The maximum absolute atomic E-state index is 13.0. The summed E-state index contributed by atoms with van der Waals surface area (Å²) in [5, 5.41) is 17.1. The van der Waals surface area contributed by atoms with Crippen LogP contribution < -0.4 is 21.7 Å². The van der Waals surface area contributed by atoms with E-state index in [0.717, 1.165) is 19.3 Å². The molecule has 0 heterocycles. The van der Waals surface area contributed by atoms with Gasteiger partial charge in [-0.2, -0.15) is 0 Å². The van der Waals surface area contributed by atoms with E-state index in [4.69, 9.17) is 5.73 Å². The highest BCUT2D eigenvalue weighted by Crippen LogP contribution is 2.17. The molecule has 47 heavy (non-hydrogen) atoms. The number of unbranched alkanes of at least 4 members (excludes halogenated alkanes) is 14. The smallest absolute Gasteiger partial charge is 0.335 e. The van der Waals surface area contributed by atoms with E-state index in [0.29, 0.717) is 12.1 Å². The number of rotatable bonds is 24. The molecule has 2 aromatic carbocycles. The lowest BCUT2D eigenvalue weighted by Gasteiger charge is -2.22. The monoisotopic (exact) mass is 650 g/mol. The number of carbonyl (C=O) groups excluding carboxylic acids is 4. The molecule has 258 valence electrons. The van der Waals surface area contributed by atoms with Crippen LogP contribution >= 0.6 is 0 Å². The summed E-state index contributed by atoms with van der Waals surface area (Å²) in [5.74, 6) is -4.45. The minimum Gasteiger partial charge on any atom is -0.478 e. The van der Waals surface area contributed by atoms with Crippen molar-refractivity contribution in [3.63, 3.8) is 0 Å². The highest BCUT2D eigenvalue weighted by atomic mass is 16.4. The van der Waals surface area contributed by atoms with Crippen molar-refractivity contribution in [2.24, 2.45) is 11.7 Å². The molecule has 10 nitrogen and oxygen atoms in total. The van der Waals surface area contributed by atoms with Crippen LogP contribution in [0.25, 0.3) is 0 Å². The molecule has 2 rings (SSSR count). The Morgan fingerprint density at radius 3 is 1.72 bits per heavy atom. The van der Waals surface area contributed by atoms with Gasteiger partial charge in [0.15, 0.2) is 0 Å². The summed E-state index contributed by atoms with van der Waals surface area (Å²) in [6.45, 7) is 3.67. The Morgan fingerprint density at radius 1 is 0.681 bits per heavy atom. The van der Waals surface area contributed by atoms with Crippen LogP contribution in [0.15, 0.2) is 48.5 Å². The molecule has 10 heteroatoms. The topological polar surface area (TPSA) is 168 Å². The molecule has 0 aromatic heterocycles. The number of benzene rings is 2. The summed E-state index contributed by atoms with van der Waals surface area (Å²) in [6.07, 6.45) is 19.4. The van der Waals surface area contributed by atoms with Gasteiger partial charge in [-0.3, -0.25) is 19.2 Å². The Hall–Kier alpha value is -4.21. The number of hydrogen-bond donors (Lipinski definition) is 5. The number of nitrogens with two attached hydrogens (primary N) is 1. The third kappa shape index (κ3) is 15.8. The highest BCUT2D eigenvalue weighted by molar-refractivity contribution is 6.04. The summed E-state index contributed by atoms with van der Waals surface area (Å²) in [6, 6.07) is 10.5. The van der Waals surface area contributed by atoms with Gasteiger partial charge in [-0.25, -0.2) is 4.79 Å². The standard InChI is InChI=1S/C37H54N4O6/c1-3-4-5-6-7-8-9-10-11-12-13-14-15-16-17-21-32(42)39-30-24-22-28(23-25-30)35(44)41-33(27(2)34(38)43)36(45)40-31-20-18-19-29(26-31)37(46)47/h18-20,22-27,33H,3-17,21H2,1-2H3,(H2,38,43)(H,39,42)(H,40,45)(H,41,44)(H,46,47)/t27?,33-/m1/s1. The van der Waals surface area contributed by atoms with E-state index in [1.165, 1.54) is 120 Å². The second-order valence-electron chi connectivity index (χ2n) is 12.3. The van der Waals surface area contributed by atoms with E-state index >= 15 is 0 Å². The van der Waals surface area contributed by atoms with Gasteiger partial charge in [0.25, 0.3) is 5.91 Å². The van der Waals surface area contributed by atoms with E-state index < -0.39 is 35.7 Å². The van der Waals surface area contributed by atoms with Gasteiger partial charge in [-0.1, -0.05) is 110 Å². The number of primary amides is 1. The first-order chi connectivity index (χ1) is 22.6. The number of hydrogen-bond acceptors (Lipinski definition) is 5. The number of anilines is 2. The Kier molecular flexibility index (Phi) is 18.5. The molecule has 0 bridgehead atoms. The fourth-order valence-electron chi connectivity index (χ4n) is 5.34. The van der Waals surface area contributed by atoms with Crippen molar-refractivity contribution in [2.75, 3.05) is 10.6 Å². The molecule has 1 unspecified atom stereocenters. The Morgan fingerprint density at radius 2 is 1.21 bits per heavy atom. The molecule has 0 aliphatic carbocycles. The average molecular weight is 651 g/mol. The van der Waals surface area contributed by atoms with Gasteiger partial charge in [0.1, 0.15) is 6.04 Å². The Bertz CT molecular complexity index is 1280. The first-order valence-electron chi connectivity index (χ1n) is 17.3. The molecule has 2 aromatic rings. The summed E-state index contributed by atoms with van der Waals surface area (Å²) < 4.78 is 0. The molecule has 0 spiro atoms. The van der Waals surface area contributed by atoms with Crippen LogP contribution in [0.1, 0.15) is 137 Å². The van der Waals surface area contributed by atoms with Crippen LogP contribution in [0.5, 0.6) is 0 Å². The Balaban J connectivity index is 1.70. The van der Waals surface area contributed by atoms with Crippen LogP contribution in [0, 0.1) is 5.92 Å². The number of carboxylic acid groups (broad SMARTS) is 1. The van der Waals surface area contributed by atoms with Crippen molar-refractivity contribution >= 4 is 41.0 Å². The maximum Gasteiger partial charge on any atom is 0.335 e. The molecule has 6 N–H and O–H groups in total. The average Bonchev–Trinajstić information content (AvgIpc) is 3.05. The molecular weight excluding hydrogens is 596 g/mol. The van der Waals surface area contributed by atoms with Crippen molar-refractivity contribution in [1.82, 2.24) is 5.32 Å². The first kappa shape index (κ1) is 39.0. The highest BCUT2D eigenvalue weighted by Gasteiger charge is 2.31. The zero-order valence-electron chi connectivity index (χ0n) is 28.2. The van der Waals surface area contributed by atoms with Gasteiger partial charge in [-0.05, 0) is 48.9 Å². The van der Waals surface area contributed by atoms with E-state index in [1.54, 1.807) is 12.1 Å². The second kappa shape index (κ2) is 22.3. The van der Waals surface area contributed by atoms with Gasteiger partial charge >= 0.3 is 5.97 Å². The molecule has 0 aliphatic heterocycles. The second-order valence-corrected chi connectivity index (χ2v) is 12.3. The lowest BCUT2D eigenvalue weighted by molar-refractivity contribution is -0.127. The number of nitrogens with one attached hydrogen (secondary N) is 3. The predicted molar refractivity (Wildman–Crippen MR) is 186 cm³/mol. The summed E-state index contributed by atoms with van der Waals surface area (Å²) in [5.41, 5.74) is 6.35. The van der Waals surface area contributed by atoms with Gasteiger partial charge in [-0.15, -0.1) is 0 Å². The maximum atomic E-state index is 13.0. The molecule has 0 fully saturated rings. The zero-order valence-corrected chi connectivity index (χ0v) is 28.2. The molecule has 0 saturated heterocycles. The largest absolute Gasteiger partial charge is 0.478 e. The predicted octanol–water partition coefficient (Wildman–Crippen LogP) is 7.44. The fourth-order valence-corrected chi connectivity index (χ4v) is 5.34. The summed E-state index contributed by atoms with van der Waals surface area (Å²) >= 11 is 0. The minimum absolute atomic E-state index is 0.0340. The van der Waals surface area contributed by atoms with Crippen molar-refractivity contribution in [3.05, 3.63) is 59.7 Å². The van der Waals surface area contributed by atoms with E-state index in [9.17, 15) is 29.1 Å². The molecule has 0 radical (unpaired) electrons. The number of carbonyl (C=O) groups is 5. The van der Waals surface area contributed by atoms with Crippen molar-refractivity contribution in [1.29, 1.82) is 0 Å². The van der Waals surface area contributed by atoms with E-state index in [2.05, 4.69) is 22.9 Å². The first-order valence-corrected chi connectivity index (χ1v) is 17.3. The third-order valence-electron chi connectivity index (χ3n) is 8.33. The molecule has 0 saturated carbocycles. The fraction of sp³-hybridized carbons (Fsp3) is 0.541. The summed E-state index contributed by atoms with van der Waals surface area (Å²) in [4.78, 5) is 61.6. The number of amides is 4. The van der Waals surface area contributed by atoms with Gasteiger partial charge in [0.2, 0.25) is 17.7 Å². The lowest BCUT2D eigenvalue weighted by Crippen LogP contribution is -2.51. The number of carboxylic acids is 1. The molecule has 4 amide bonds. The lowest BCUT2D eigenvalue weighted by atomic mass is 9.99. The quantitative estimate of drug-likeness (QED) is 0.0740. The van der Waals surface area contributed by atoms with Crippen LogP contribution in [-0.4, -0.2) is 40.7 Å². The van der Waals surface area contributed by atoms with E-state index in [-0.39, 0.29) is 22.7 Å². The van der Waals surface area contributed by atoms with Crippen molar-refractivity contribution in [2.45, 2.75) is 123 Å². The van der Waals surface area contributed by atoms with Crippen LogP contribution in [-0.2, 0) is 14.4 Å². The van der Waals surface area contributed by atoms with Crippen LogP contribution in [0.2, 0.25) is 0 Å². The summed E-state index contributed by atoms with van der Waals surface area (Å²) in [7, 11) is 0. The van der Waals surface area contributed by atoms with Gasteiger partial charge in [0.05, 0.1) is 11.5 Å². The van der Waals surface area contributed by atoms with E-state index in [1.807, 2.05) is 0 Å². The van der Waals surface area contributed by atoms with Crippen LogP contribution in [0.4, 0.5) is 11.4 Å². The van der Waals surface area contributed by atoms with Crippen molar-refractivity contribution in [3.8, 4) is 0 Å². The van der Waals surface area contributed by atoms with Gasteiger partial charge < -0.3 is 26.8 Å². The normalized spacial score (nSPS) is 12.1. The zero-order chi connectivity index (χ0) is 34.4. The Labute approximate surface area is 279 Å². The molecule has 2 atom stereocenters. The number of aromatic carboxylic acids is 1. The SMILES string of the molecule is CCCCCCCCCCCCCCCCCC(=O)Nc1ccc(C(=O)N[C@@H](C(=O)Nc2cccc(C(=O)O)c2)C(C)C(N)=O)cc1. The third-order valence-corrected chi connectivity index (χ3v) is 8.33. The minimum atomic E-state index is -1.32. The molecule has 0 aliphatic rings. The van der Waals surface area contributed by atoms with Gasteiger partial charge in [0, 0.05) is 23.4 Å². The van der Waals surface area contributed by atoms with Crippen molar-refractivity contribution < 1.29 is 29.1 Å².